The lowest BCUT2D eigenvalue weighted by atomic mass is 10.0. The number of rotatable bonds is 9. The van der Waals surface area contributed by atoms with Crippen molar-refractivity contribution in [2.45, 2.75) is 12.1 Å². The van der Waals surface area contributed by atoms with E-state index in [0.29, 0.717) is 17.0 Å². The number of nitrogens with zero attached hydrogens (tertiary/aromatic N) is 5. The fourth-order valence-corrected chi connectivity index (χ4v) is 3.08. The number of hydrogen-bond donors (Lipinski definition) is 4. The van der Waals surface area contributed by atoms with Crippen LogP contribution >= 0.6 is 0 Å². The molecule has 0 radical (unpaired) electrons. The summed E-state index contributed by atoms with van der Waals surface area (Å²) in [6, 6.07) is 9.44. The molecule has 0 saturated carbocycles. The lowest BCUT2D eigenvalue weighted by Crippen LogP contribution is -2.49. The molecule has 4 rings (SSSR count). The Kier molecular flexibility index (Phi) is 6.40. The van der Waals surface area contributed by atoms with Gasteiger partial charge in [-0.3, -0.25) is 4.68 Å². The number of anilines is 1. The Labute approximate surface area is 186 Å². The van der Waals surface area contributed by atoms with Crippen molar-refractivity contribution in [3.05, 3.63) is 66.1 Å². The van der Waals surface area contributed by atoms with Gasteiger partial charge in [0.05, 0.1) is 38.3 Å². The maximum absolute atomic E-state index is 14.3. The van der Waals surface area contributed by atoms with Crippen LogP contribution in [0.1, 0.15) is 5.56 Å². The van der Waals surface area contributed by atoms with E-state index in [9.17, 15) is 24.1 Å². The van der Waals surface area contributed by atoms with Crippen LogP contribution in [0.15, 0.2) is 53.4 Å². The monoisotopic (exact) mass is 458 g/mol. The summed E-state index contributed by atoms with van der Waals surface area (Å²) < 4.78 is 35.0. The molecule has 3 heterocycles. The molecule has 0 saturated heterocycles. The summed E-state index contributed by atoms with van der Waals surface area (Å²) in [4.78, 5) is 8.08. The van der Waals surface area contributed by atoms with Gasteiger partial charge in [0, 0.05) is 11.6 Å². The van der Waals surface area contributed by atoms with Crippen molar-refractivity contribution in [3.63, 3.8) is 0 Å². The Balaban J connectivity index is 1.74. The summed E-state index contributed by atoms with van der Waals surface area (Å²) in [5, 5.41) is 39.4. The van der Waals surface area contributed by atoms with E-state index in [1.54, 1.807) is 30.3 Å². The highest BCUT2D eigenvalue weighted by Crippen LogP contribution is 2.26. The van der Waals surface area contributed by atoms with Gasteiger partial charge in [0.2, 0.25) is 0 Å². The Morgan fingerprint density at radius 2 is 1.76 bits per heavy atom. The molecule has 0 unspecified atom stereocenters. The smallest absolute Gasteiger partial charge is 0.183 e. The number of halogens is 2. The topological polar surface area (TPSA) is 142 Å². The van der Waals surface area contributed by atoms with Gasteiger partial charge in [-0.15, -0.1) is 0 Å². The van der Waals surface area contributed by atoms with Crippen molar-refractivity contribution in [1.82, 2.24) is 24.9 Å². The number of aliphatic hydroxyl groups excluding tert-OH is 3. The summed E-state index contributed by atoms with van der Waals surface area (Å²) in [5.74, 6) is -1.60. The molecule has 0 bridgehead atoms. The molecular formula is C21H20F2N6O4. The summed E-state index contributed by atoms with van der Waals surface area (Å²) >= 11 is 0. The van der Waals surface area contributed by atoms with Gasteiger partial charge in [-0.05, 0) is 12.1 Å². The summed E-state index contributed by atoms with van der Waals surface area (Å²) in [7, 11) is 0. The van der Waals surface area contributed by atoms with Gasteiger partial charge in [-0.1, -0.05) is 23.4 Å². The van der Waals surface area contributed by atoms with E-state index in [0.717, 1.165) is 6.20 Å². The van der Waals surface area contributed by atoms with Crippen LogP contribution < -0.4 is 5.32 Å². The first-order valence-corrected chi connectivity index (χ1v) is 9.84. The van der Waals surface area contributed by atoms with Crippen LogP contribution in [0.4, 0.5) is 14.6 Å². The predicted molar refractivity (Wildman–Crippen MR) is 112 cm³/mol. The molecule has 0 atom stereocenters. The molecule has 4 N–H and O–H groups in total. The number of nitrogens with one attached hydrogen (secondary N) is 1. The van der Waals surface area contributed by atoms with Crippen LogP contribution in [0.2, 0.25) is 0 Å². The second-order valence-corrected chi connectivity index (χ2v) is 7.32. The Morgan fingerprint density at radius 1 is 1.00 bits per heavy atom. The number of benzene rings is 1. The minimum absolute atomic E-state index is 0.0126. The van der Waals surface area contributed by atoms with E-state index in [4.69, 9.17) is 4.52 Å². The molecule has 0 aliphatic rings. The van der Waals surface area contributed by atoms with Crippen molar-refractivity contribution >= 4 is 5.82 Å². The number of hydrogen-bond acceptors (Lipinski definition) is 9. The predicted octanol–water partition coefficient (Wildman–Crippen LogP) is 1.45. The maximum atomic E-state index is 14.3. The van der Waals surface area contributed by atoms with E-state index in [1.165, 1.54) is 17.0 Å². The highest BCUT2D eigenvalue weighted by atomic mass is 19.1. The second kappa shape index (κ2) is 9.40. The molecule has 10 nitrogen and oxygen atoms in total. The lowest BCUT2D eigenvalue weighted by Gasteiger charge is -2.29. The fourth-order valence-electron chi connectivity index (χ4n) is 3.08. The zero-order valence-electron chi connectivity index (χ0n) is 17.2. The minimum atomic E-state index is -1.59. The first kappa shape index (κ1) is 22.5. The SMILES string of the molecule is OCC(CO)(CO)Nc1nc(-c2cc(-c3ccon3)n(Cc3ccccc3F)n2)ncc1F. The summed E-state index contributed by atoms with van der Waals surface area (Å²) in [6.45, 7) is -1.95. The molecule has 12 heteroatoms. The molecular weight excluding hydrogens is 438 g/mol. The molecule has 4 aromatic rings. The van der Waals surface area contributed by atoms with E-state index < -0.39 is 37.0 Å². The zero-order valence-corrected chi connectivity index (χ0v) is 17.2. The van der Waals surface area contributed by atoms with Crippen LogP contribution in [0.3, 0.4) is 0 Å². The van der Waals surface area contributed by atoms with E-state index in [2.05, 4.69) is 25.5 Å². The first-order valence-electron chi connectivity index (χ1n) is 9.84. The van der Waals surface area contributed by atoms with E-state index in [-0.39, 0.29) is 23.9 Å². The van der Waals surface area contributed by atoms with Crippen molar-refractivity contribution in [1.29, 1.82) is 0 Å². The standard InChI is InChI=1S/C21H20F2N6O4/c22-14-4-2-1-3-13(14)9-29-18(16-5-6-33-28-16)7-17(27-29)20-24-8-15(23)19(25-20)26-21(10-30,11-31)12-32/h1-8,30-32H,9-12H2,(H,24,25,26). The third-order valence-electron chi connectivity index (χ3n) is 5.02. The average molecular weight is 458 g/mol. The molecule has 172 valence electrons. The quantitative estimate of drug-likeness (QED) is 0.293. The largest absolute Gasteiger partial charge is 0.394 e. The van der Waals surface area contributed by atoms with Gasteiger partial charge >= 0.3 is 0 Å². The minimum Gasteiger partial charge on any atom is -0.394 e. The molecule has 0 spiro atoms. The fraction of sp³-hybridized carbons (Fsp3) is 0.238. The number of aromatic nitrogens is 5. The molecule has 33 heavy (non-hydrogen) atoms. The molecule has 0 fully saturated rings. The number of aliphatic hydroxyl groups is 3. The van der Waals surface area contributed by atoms with Gasteiger partial charge in [-0.25, -0.2) is 18.7 Å². The van der Waals surface area contributed by atoms with Gasteiger partial charge in [0.15, 0.2) is 17.5 Å². The Bertz CT molecular complexity index is 1220. The van der Waals surface area contributed by atoms with Crippen LogP contribution in [0.5, 0.6) is 0 Å². The van der Waals surface area contributed by atoms with Crippen LogP contribution in [0, 0.1) is 11.6 Å². The van der Waals surface area contributed by atoms with Crippen LogP contribution in [-0.4, -0.2) is 65.6 Å². The third-order valence-corrected chi connectivity index (χ3v) is 5.02. The average Bonchev–Trinajstić information content (AvgIpc) is 3.50. The van der Waals surface area contributed by atoms with Crippen molar-refractivity contribution in [3.8, 4) is 22.9 Å². The third kappa shape index (κ3) is 4.58. The van der Waals surface area contributed by atoms with E-state index in [1.807, 2.05) is 0 Å². The normalized spacial score (nSPS) is 11.7. The maximum Gasteiger partial charge on any atom is 0.183 e. The molecule has 3 aromatic heterocycles. The molecule has 0 aliphatic carbocycles. The molecule has 1 aromatic carbocycles. The highest BCUT2D eigenvalue weighted by molar-refractivity contribution is 5.63. The zero-order chi connectivity index (χ0) is 23.4. The van der Waals surface area contributed by atoms with Crippen LogP contribution in [0.25, 0.3) is 22.9 Å². The highest BCUT2D eigenvalue weighted by Gasteiger charge is 2.30. The molecule has 0 amide bonds. The second-order valence-electron chi connectivity index (χ2n) is 7.32. The first-order chi connectivity index (χ1) is 16.0. The Hall–Kier alpha value is -3.74. The summed E-state index contributed by atoms with van der Waals surface area (Å²) in [6.07, 6.45) is 2.28. The summed E-state index contributed by atoms with van der Waals surface area (Å²) in [5.41, 5.74) is -0.0548. The van der Waals surface area contributed by atoms with Gasteiger partial charge in [0.1, 0.15) is 29.0 Å². The van der Waals surface area contributed by atoms with Crippen LogP contribution in [-0.2, 0) is 6.54 Å². The Morgan fingerprint density at radius 3 is 2.42 bits per heavy atom. The van der Waals surface area contributed by atoms with Crippen molar-refractivity contribution < 1.29 is 28.6 Å². The lowest BCUT2D eigenvalue weighted by molar-refractivity contribution is 0.0828. The van der Waals surface area contributed by atoms with E-state index >= 15 is 0 Å². The van der Waals surface area contributed by atoms with Gasteiger partial charge in [-0.2, -0.15) is 5.10 Å². The van der Waals surface area contributed by atoms with Crippen molar-refractivity contribution in [2.24, 2.45) is 0 Å². The van der Waals surface area contributed by atoms with Crippen molar-refractivity contribution in [2.75, 3.05) is 25.1 Å². The molecule has 0 aliphatic heterocycles. The van der Waals surface area contributed by atoms with Gasteiger partial charge < -0.3 is 25.2 Å². The van der Waals surface area contributed by atoms with Gasteiger partial charge in [0.25, 0.3) is 0 Å².